The van der Waals surface area contributed by atoms with Gasteiger partial charge in [0.05, 0.1) is 17.3 Å². The summed E-state index contributed by atoms with van der Waals surface area (Å²) >= 11 is 3.33. The molecule has 1 amide bonds. The standard InChI is InChI=1S/C17H13BrFN3O2/c1-24-14-4-2-3-12(9-14)20-17(23)16-15(18)10-22(21-16)13-7-5-11(19)6-8-13/h2-10H,1H3,(H,20,23). The van der Waals surface area contributed by atoms with Crippen molar-refractivity contribution < 1.29 is 13.9 Å². The molecule has 0 saturated heterocycles. The summed E-state index contributed by atoms with van der Waals surface area (Å²) in [5.74, 6) is -0.0549. The normalized spacial score (nSPS) is 10.5. The molecule has 1 N–H and O–H groups in total. The first-order chi connectivity index (χ1) is 11.6. The molecule has 0 aliphatic heterocycles. The number of carbonyl (C=O) groups excluding carboxylic acids is 1. The highest BCUT2D eigenvalue weighted by atomic mass is 79.9. The van der Waals surface area contributed by atoms with Gasteiger partial charge in [-0.15, -0.1) is 0 Å². The molecule has 0 saturated carbocycles. The first-order valence-corrected chi connectivity index (χ1v) is 7.82. The van der Waals surface area contributed by atoms with Crippen molar-refractivity contribution in [2.45, 2.75) is 0 Å². The molecule has 0 aliphatic carbocycles. The van der Waals surface area contributed by atoms with E-state index in [4.69, 9.17) is 4.74 Å². The minimum absolute atomic E-state index is 0.224. The van der Waals surface area contributed by atoms with Crippen LogP contribution in [0.2, 0.25) is 0 Å². The Morgan fingerprint density at radius 1 is 1.25 bits per heavy atom. The number of nitrogens with zero attached hydrogens (tertiary/aromatic N) is 2. The molecule has 0 unspecified atom stereocenters. The van der Waals surface area contributed by atoms with E-state index in [2.05, 4.69) is 26.3 Å². The molecule has 1 aromatic heterocycles. The van der Waals surface area contributed by atoms with Crippen molar-refractivity contribution in [2.75, 3.05) is 12.4 Å². The summed E-state index contributed by atoms with van der Waals surface area (Å²) in [7, 11) is 1.56. The second-order valence-electron chi connectivity index (χ2n) is 4.93. The molecule has 0 spiro atoms. The molecule has 122 valence electrons. The number of amides is 1. The fourth-order valence-corrected chi connectivity index (χ4v) is 2.58. The number of hydrogen-bond donors (Lipinski definition) is 1. The van der Waals surface area contributed by atoms with Gasteiger partial charge in [0.1, 0.15) is 11.6 Å². The molecular formula is C17H13BrFN3O2. The minimum Gasteiger partial charge on any atom is -0.497 e. The zero-order valence-electron chi connectivity index (χ0n) is 12.7. The van der Waals surface area contributed by atoms with E-state index in [0.29, 0.717) is 21.6 Å². The van der Waals surface area contributed by atoms with Gasteiger partial charge in [-0.25, -0.2) is 9.07 Å². The molecule has 1 heterocycles. The molecule has 5 nitrogen and oxygen atoms in total. The van der Waals surface area contributed by atoms with Crippen molar-refractivity contribution >= 4 is 27.5 Å². The molecular weight excluding hydrogens is 377 g/mol. The Balaban J connectivity index is 1.83. The molecule has 0 aliphatic rings. The fourth-order valence-electron chi connectivity index (χ4n) is 2.12. The predicted octanol–water partition coefficient (Wildman–Crippen LogP) is 4.03. The minimum atomic E-state index is -0.365. The van der Waals surface area contributed by atoms with Crippen molar-refractivity contribution in [2.24, 2.45) is 0 Å². The van der Waals surface area contributed by atoms with Crippen LogP contribution in [-0.4, -0.2) is 22.8 Å². The summed E-state index contributed by atoms with van der Waals surface area (Å²) in [4.78, 5) is 12.4. The SMILES string of the molecule is COc1cccc(NC(=O)c2nn(-c3ccc(F)cc3)cc2Br)c1. The van der Waals surface area contributed by atoms with Crippen molar-refractivity contribution in [1.29, 1.82) is 0 Å². The molecule has 2 aromatic carbocycles. The molecule has 3 aromatic rings. The summed E-state index contributed by atoms with van der Waals surface area (Å²) in [6.07, 6.45) is 1.65. The van der Waals surface area contributed by atoms with Crippen LogP contribution in [0.3, 0.4) is 0 Å². The van der Waals surface area contributed by atoms with E-state index in [9.17, 15) is 9.18 Å². The smallest absolute Gasteiger partial charge is 0.277 e. The van der Waals surface area contributed by atoms with Gasteiger partial charge in [0, 0.05) is 18.0 Å². The highest BCUT2D eigenvalue weighted by Gasteiger charge is 2.16. The van der Waals surface area contributed by atoms with E-state index in [0.717, 1.165) is 0 Å². The number of anilines is 1. The van der Waals surface area contributed by atoms with E-state index in [1.165, 1.54) is 16.8 Å². The van der Waals surface area contributed by atoms with Gasteiger partial charge < -0.3 is 10.1 Å². The maximum Gasteiger partial charge on any atom is 0.277 e. The Morgan fingerprint density at radius 2 is 2.00 bits per heavy atom. The third-order valence-electron chi connectivity index (χ3n) is 3.30. The molecule has 0 bridgehead atoms. The number of ether oxygens (including phenoxy) is 1. The maximum atomic E-state index is 13.0. The molecule has 0 fully saturated rings. The zero-order chi connectivity index (χ0) is 17.1. The molecule has 0 atom stereocenters. The third-order valence-corrected chi connectivity index (χ3v) is 3.88. The first-order valence-electron chi connectivity index (χ1n) is 7.03. The monoisotopic (exact) mass is 389 g/mol. The van der Waals surface area contributed by atoms with Crippen LogP contribution in [0.25, 0.3) is 5.69 Å². The molecule has 24 heavy (non-hydrogen) atoms. The quantitative estimate of drug-likeness (QED) is 0.732. The summed E-state index contributed by atoms with van der Waals surface area (Å²) in [5, 5.41) is 7.02. The van der Waals surface area contributed by atoms with Crippen LogP contribution in [0, 0.1) is 5.82 Å². The number of halogens is 2. The van der Waals surface area contributed by atoms with Gasteiger partial charge in [0.15, 0.2) is 5.69 Å². The van der Waals surface area contributed by atoms with Gasteiger partial charge in [-0.3, -0.25) is 4.79 Å². The van der Waals surface area contributed by atoms with Crippen LogP contribution < -0.4 is 10.1 Å². The average molecular weight is 390 g/mol. The topological polar surface area (TPSA) is 56.1 Å². The van der Waals surface area contributed by atoms with E-state index < -0.39 is 0 Å². The third kappa shape index (κ3) is 3.46. The summed E-state index contributed by atoms with van der Waals surface area (Å²) in [6.45, 7) is 0. The van der Waals surface area contributed by atoms with Gasteiger partial charge in [-0.1, -0.05) is 6.07 Å². The summed E-state index contributed by atoms with van der Waals surface area (Å²) in [6, 6.07) is 12.9. The van der Waals surface area contributed by atoms with Crippen LogP contribution in [0.1, 0.15) is 10.5 Å². The fraction of sp³-hybridized carbons (Fsp3) is 0.0588. The van der Waals surface area contributed by atoms with Gasteiger partial charge >= 0.3 is 0 Å². The maximum absolute atomic E-state index is 13.0. The van der Waals surface area contributed by atoms with Crippen LogP contribution >= 0.6 is 15.9 Å². The number of aromatic nitrogens is 2. The van der Waals surface area contributed by atoms with Crippen LogP contribution in [0.15, 0.2) is 59.2 Å². The van der Waals surface area contributed by atoms with Crippen molar-refractivity contribution in [1.82, 2.24) is 9.78 Å². The Bertz CT molecular complexity index is 878. The Kier molecular flexibility index (Phi) is 4.61. The van der Waals surface area contributed by atoms with Gasteiger partial charge in [-0.2, -0.15) is 5.10 Å². The van der Waals surface area contributed by atoms with E-state index in [1.54, 1.807) is 49.7 Å². The van der Waals surface area contributed by atoms with E-state index in [1.807, 2.05) is 0 Å². The number of benzene rings is 2. The lowest BCUT2D eigenvalue weighted by Crippen LogP contribution is -2.13. The highest BCUT2D eigenvalue weighted by molar-refractivity contribution is 9.10. The molecule has 7 heteroatoms. The average Bonchev–Trinajstić information content (AvgIpc) is 2.97. The summed E-state index contributed by atoms with van der Waals surface area (Å²) in [5.41, 5.74) is 1.47. The first kappa shape index (κ1) is 16.2. The zero-order valence-corrected chi connectivity index (χ0v) is 14.2. The van der Waals surface area contributed by atoms with Gasteiger partial charge in [0.2, 0.25) is 0 Å². The van der Waals surface area contributed by atoms with Crippen LogP contribution in [-0.2, 0) is 0 Å². The lowest BCUT2D eigenvalue weighted by molar-refractivity contribution is 0.102. The lowest BCUT2D eigenvalue weighted by atomic mass is 10.3. The van der Waals surface area contributed by atoms with Crippen molar-refractivity contribution in [3.63, 3.8) is 0 Å². The Hall–Kier alpha value is -2.67. The second kappa shape index (κ2) is 6.84. The molecule has 3 rings (SSSR count). The predicted molar refractivity (Wildman–Crippen MR) is 92.2 cm³/mol. The van der Waals surface area contributed by atoms with Gasteiger partial charge in [-0.05, 0) is 52.3 Å². The largest absolute Gasteiger partial charge is 0.497 e. The number of hydrogen-bond acceptors (Lipinski definition) is 3. The van der Waals surface area contributed by atoms with Crippen molar-refractivity contribution in [3.8, 4) is 11.4 Å². The van der Waals surface area contributed by atoms with Crippen molar-refractivity contribution in [3.05, 3.63) is 70.7 Å². The number of rotatable bonds is 4. The Morgan fingerprint density at radius 3 is 2.71 bits per heavy atom. The number of carbonyl (C=O) groups is 1. The highest BCUT2D eigenvalue weighted by Crippen LogP contribution is 2.21. The van der Waals surface area contributed by atoms with E-state index >= 15 is 0 Å². The van der Waals surface area contributed by atoms with Crippen LogP contribution in [0.4, 0.5) is 10.1 Å². The van der Waals surface area contributed by atoms with Crippen LogP contribution in [0.5, 0.6) is 5.75 Å². The van der Waals surface area contributed by atoms with E-state index in [-0.39, 0.29) is 17.4 Å². The summed E-state index contributed by atoms with van der Waals surface area (Å²) < 4.78 is 20.2. The second-order valence-corrected chi connectivity index (χ2v) is 5.79. The molecule has 0 radical (unpaired) electrons. The number of methoxy groups -OCH3 is 1. The van der Waals surface area contributed by atoms with Gasteiger partial charge in [0.25, 0.3) is 5.91 Å². The lowest BCUT2D eigenvalue weighted by Gasteiger charge is -2.06. The number of nitrogens with one attached hydrogen (secondary N) is 1. The Labute approximate surface area is 146 Å².